The van der Waals surface area contributed by atoms with E-state index >= 15 is 0 Å². The van der Waals surface area contributed by atoms with Crippen molar-refractivity contribution in [1.82, 2.24) is 29.1 Å². The molecule has 1 saturated heterocycles. The van der Waals surface area contributed by atoms with E-state index in [0.29, 0.717) is 62.2 Å². The summed E-state index contributed by atoms with van der Waals surface area (Å²) in [5.74, 6) is 0.774. The van der Waals surface area contributed by atoms with Gasteiger partial charge in [-0.25, -0.2) is 14.8 Å². The van der Waals surface area contributed by atoms with E-state index in [1.54, 1.807) is 61.8 Å². The zero-order valence-corrected chi connectivity index (χ0v) is 38.5. The largest absolute Gasteiger partial charge is 0.497 e. The number of methoxy groups -OCH3 is 1. The molecule has 3 aromatic heterocycles. The first-order valence-corrected chi connectivity index (χ1v) is 22.7. The van der Waals surface area contributed by atoms with Gasteiger partial charge in [-0.2, -0.15) is 13.2 Å². The highest BCUT2D eigenvalue weighted by Crippen LogP contribution is 2.48. The van der Waals surface area contributed by atoms with Gasteiger partial charge < -0.3 is 33.7 Å². The van der Waals surface area contributed by atoms with E-state index < -0.39 is 18.7 Å². The van der Waals surface area contributed by atoms with Crippen molar-refractivity contribution < 1.29 is 42.4 Å². The van der Waals surface area contributed by atoms with Crippen molar-refractivity contribution in [1.29, 1.82) is 0 Å². The molecule has 0 amide bonds. The number of alkyl halides is 2. The van der Waals surface area contributed by atoms with Crippen molar-refractivity contribution in [2.45, 2.75) is 46.0 Å². The Morgan fingerprint density at radius 3 is 2.52 bits per heavy atom. The van der Waals surface area contributed by atoms with Crippen LogP contribution in [0.25, 0.3) is 38.3 Å². The summed E-state index contributed by atoms with van der Waals surface area (Å²) in [6.45, 7) is 6.36. The van der Waals surface area contributed by atoms with Crippen molar-refractivity contribution in [3.05, 3.63) is 124 Å². The summed E-state index contributed by atoms with van der Waals surface area (Å²) in [6.07, 6.45) is 2.33. The fraction of sp³-hybridized carbons (Fsp3) is 0.327. The summed E-state index contributed by atoms with van der Waals surface area (Å²) in [5.41, 5.74) is 5.21. The molecule has 2 aliphatic rings. The lowest BCUT2D eigenvalue weighted by Crippen LogP contribution is -2.45. The molecular formula is C49H49ClF2N6O7S. The molecule has 8 rings (SSSR count). The van der Waals surface area contributed by atoms with Gasteiger partial charge in [0.1, 0.15) is 36.2 Å². The van der Waals surface area contributed by atoms with Crippen LogP contribution in [-0.4, -0.2) is 106 Å². The van der Waals surface area contributed by atoms with Gasteiger partial charge in [0.05, 0.1) is 39.2 Å². The third kappa shape index (κ3) is 10.6. The van der Waals surface area contributed by atoms with Crippen molar-refractivity contribution in [3.63, 3.8) is 0 Å². The normalized spacial score (nSPS) is 16.5. The van der Waals surface area contributed by atoms with Crippen molar-refractivity contribution in [3.8, 4) is 45.8 Å². The Labute approximate surface area is 390 Å². The first-order chi connectivity index (χ1) is 32.0. The van der Waals surface area contributed by atoms with Crippen LogP contribution in [0.3, 0.4) is 0 Å². The van der Waals surface area contributed by atoms with E-state index in [4.69, 9.17) is 39.9 Å². The number of ether oxygens (including phenoxy) is 5. The maximum Gasteiger partial charge on any atom is 0.387 e. The Morgan fingerprint density at radius 2 is 1.74 bits per heavy atom. The lowest BCUT2D eigenvalue weighted by Gasteiger charge is -2.33. The fourth-order valence-electron chi connectivity index (χ4n) is 8.15. The van der Waals surface area contributed by atoms with Gasteiger partial charge in [-0.05, 0) is 85.0 Å². The number of carboxylic acid groups (broad SMARTS) is 1. The van der Waals surface area contributed by atoms with Crippen LogP contribution in [0, 0.1) is 5.92 Å². The molecule has 4 heterocycles. The Bertz CT molecular complexity index is 2760. The number of hydrogen-bond donors (Lipinski definition) is 1. The van der Waals surface area contributed by atoms with Gasteiger partial charge in [0.15, 0.2) is 5.82 Å². The van der Waals surface area contributed by atoms with Crippen LogP contribution in [0.15, 0.2) is 108 Å². The van der Waals surface area contributed by atoms with E-state index in [9.17, 15) is 18.7 Å². The molecule has 0 saturated carbocycles. The lowest BCUT2D eigenvalue weighted by atomic mass is 9.83. The number of aliphatic carboxylic acids is 1. The summed E-state index contributed by atoms with van der Waals surface area (Å²) < 4.78 is 61.1. The number of hydrogen-bond acceptors (Lipinski definition) is 13. The number of carboxylic acids is 1. The van der Waals surface area contributed by atoms with Gasteiger partial charge in [-0.1, -0.05) is 61.0 Å². The molecular weight excluding hydrogens is 890 g/mol. The van der Waals surface area contributed by atoms with E-state index in [0.717, 1.165) is 60.8 Å². The molecule has 2 atom stereocenters. The average Bonchev–Trinajstić information content (AvgIpc) is 3.73. The minimum absolute atomic E-state index is 0.0317. The van der Waals surface area contributed by atoms with Gasteiger partial charge >= 0.3 is 12.6 Å². The van der Waals surface area contributed by atoms with Crippen LogP contribution in [0.4, 0.5) is 8.78 Å². The molecule has 0 radical (unpaired) electrons. The monoisotopic (exact) mass is 938 g/mol. The Morgan fingerprint density at radius 1 is 0.970 bits per heavy atom. The number of piperazine rings is 1. The molecule has 1 fully saturated rings. The Balaban J connectivity index is 1.09. The van der Waals surface area contributed by atoms with E-state index in [1.165, 1.54) is 23.8 Å². The zero-order chi connectivity index (χ0) is 46.3. The van der Waals surface area contributed by atoms with Gasteiger partial charge in [0.2, 0.25) is 12.0 Å². The van der Waals surface area contributed by atoms with Gasteiger partial charge in [0.25, 0.3) is 0 Å². The van der Waals surface area contributed by atoms with Crippen LogP contribution in [0.2, 0.25) is 0 Å². The second kappa shape index (κ2) is 21.0. The highest BCUT2D eigenvalue weighted by atomic mass is 35.5. The molecule has 1 aliphatic heterocycles. The summed E-state index contributed by atoms with van der Waals surface area (Å²) in [7, 11) is 3.74. The van der Waals surface area contributed by atoms with Gasteiger partial charge in [-0.15, -0.1) is 0 Å². The molecule has 1 aliphatic carbocycles. The molecule has 17 heteroatoms. The maximum atomic E-state index is 13.1. The number of fused-ring (bicyclic) bond motifs is 1. The second-order valence-electron chi connectivity index (χ2n) is 16.1. The third-order valence-corrected chi connectivity index (χ3v) is 12.9. The minimum atomic E-state index is -3.02. The molecule has 1 N–H and O–H groups in total. The number of allylic oxidation sites excluding steroid dienone is 4. The van der Waals surface area contributed by atoms with Gasteiger partial charge in [-0.3, -0.25) is 9.88 Å². The highest BCUT2D eigenvalue weighted by Gasteiger charge is 2.32. The number of likely N-dealkylation sites (N-methyl/N-ethyl adjacent to an activating group) is 1. The van der Waals surface area contributed by atoms with Crippen LogP contribution in [0.1, 0.15) is 37.1 Å². The number of aromatic nitrogens is 4. The molecule has 344 valence electrons. The molecule has 0 bridgehead atoms. The number of para-hydroxylation sites is 2. The number of benzene rings is 3. The summed E-state index contributed by atoms with van der Waals surface area (Å²) in [5, 5.41) is 11.8. The lowest BCUT2D eigenvalue weighted by molar-refractivity contribution is -0.145. The van der Waals surface area contributed by atoms with Crippen LogP contribution >= 0.6 is 23.1 Å². The molecule has 0 spiro atoms. The first-order valence-electron chi connectivity index (χ1n) is 21.5. The van der Waals surface area contributed by atoms with E-state index in [2.05, 4.69) is 38.5 Å². The predicted molar refractivity (Wildman–Crippen MR) is 249 cm³/mol. The quantitative estimate of drug-likeness (QED) is 0.0875. The SMILES string of the molecule is COc1cccc(-c2ncc3snc(O[C@H](Cc4ccccc4OCc4ccnc(-c5ccccc5OC(F)F)n4)C(=O)O)c3c2C2=C(C)C(Cl)=C(OCCN3CCN(C)CC3)C(C)C2)c1. The van der Waals surface area contributed by atoms with E-state index in [1.807, 2.05) is 31.2 Å². The predicted octanol–water partition coefficient (Wildman–Crippen LogP) is 9.61. The average molecular weight is 939 g/mol. The molecule has 66 heavy (non-hydrogen) atoms. The second-order valence-corrected chi connectivity index (χ2v) is 17.3. The summed E-state index contributed by atoms with van der Waals surface area (Å²) in [6, 6.07) is 22.6. The molecule has 6 aromatic rings. The maximum absolute atomic E-state index is 13.1. The van der Waals surface area contributed by atoms with Gasteiger partial charge in [0, 0.05) is 68.6 Å². The van der Waals surface area contributed by atoms with Crippen LogP contribution < -0.4 is 18.9 Å². The number of rotatable bonds is 18. The zero-order valence-electron chi connectivity index (χ0n) is 36.9. The Hall–Kier alpha value is -6.20. The first kappa shape index (κ1) is 46.3. The topological polar surface area (TPSA) is 141 Å². The summed E-state index contributed by atoms with van der Waals surface area (Å²) in [4.78, 5) is 31.6. The Kier molecular flexibility index (Phi) is 14.7. The number of nitrogens with zero attached hydrogens (tertiary/aromatic N) is 6. The number of pyridine rings is 1. The standard InChI is InChI=1S/C49H49ClF2N6O7S/c1-29-24-36(30(2)43(50)45(29)62-23-22-58-20-18-57(3)19-21-58)41-42-40(27-54-44(41)32-11-9-12-34(25-32)61-4)66-56-47(42)64-39(48(59)60)26-31-10-5-7-14-37(31)63-28-33-16-17-53-46(55-33)35-13-6-8-15-38(35)65-49(51)52/h5-17,25,27,29,39,49H,18-24,26,28H2,1-4H3,(H,59,60)/t29?,39-/m1/s1. The molecule has 3 aromatic carbocycles. The number of carbonyl (C=O) groups is 1. The number of halogens is 3. The van der Waals surface area contributed by atoms with Crippen LogP contribution in [-0.2, 0) is 22.6 Å². The fourth-order valence-corrected chi connectivity index (χ4v) is 9.20. The minimum Gasteiger partial charge on any atom is -0.497 e. The highest BCUT2D eigenvalue weighted by molar-refractivity contribution is 7.13. The smallest absolute Gasteiger partial charge is 0.387 e. The van der Waals surface area contributed by atoms with E-state index in [-0.39, 0.29) is 36.4 Å². The van der Waals surface area contributed by atoms with Crippen molar-refractivity contribution in [2.75, 3.05) is 53.5 Å². The third-order valence-electron chi connectivity index (χ3n) is 11.7. The summed E-state index contributed by atoms with van der Waals surface area (Å²) >= 11 is 8.41. The van der Waals surface area contributed by atoms with Crippen LogP contribution in [0.5, 0.6) is 23.1 Å². The molecule has 13 nitrogen and oxygen atoms in total. The molecule has 1 unspecified atom stereocenters. The van der Waals surface area contributed by atoms with Crippen molar-refractivity contribution in [2.24, 2.45) is 5.92 Å². The van der Waals surface area contributed by atoms with Crippen molar-refractivity contribution >= 4 is 44.8 Å².